The second kappa shape index (κ2) is 10.1. The summed E-state index contributed by atoms with van der Waals surface area (Å²) in [4.78, 5) is 24.0. The molecule has 1 N–H and O–H groups in total. The Morgan fingerprint density at radius 2 is 1.89 bits per heavy atom. The number of carbonyl (C=O) groups is 2. The molecule has 0 fully saturated rings. The van der Waals surface area contributed by atoms with E-state index < -0.39 is 28.5 Å². The van der Waals surface area contributed by atoms with Gasteiger partial charge in [-0.2, -0.15) is 4.31 Å². The summed E-state index contributed by atoms with van der Waals surface area (Å²) in [6, 6.07) is 3.53. The minimum absolute atomic E-state index is 0.0233. The standard InChI is InChI=1S/C18H27ClN2O5S/c1-6-7-13(4)20-17(22)11-26-18(23)15-10-14(8-9-16(15)19)27(24,25)21(5)12(2)3/h8-10,12-13H,6-7,11H2,1-5H3,(H,20,22)/t13-/m1/s1. The molecule has 0 heterocycles. The van der Waals surface area contributed by atoms with E-state index in [1.807, 2.05) is 13.8 Å². The molecular formula is C18H27ClN2O5S. The second-order valence-electron chi connectivity index (χ2n) is 6.59. The number of halogens is 1. The first-order chi connectivity index (χ1) is 12.5. The minimum atomic E-state index is -3.78. The Kier molecular flexibility index (Phi) is 8.71. The van der Waals surface area contributed by atoms with E-state index in [1.54, 1.807) is 13.8 Å². The monoisotopic (exact) mass is 418 g/mol. The van der Waals surface area contributed by atoms with E-state index in [4.69, 9.17) is 16.3 Å². The van der Waals surface area contributed by atoms with Crippen LogP contribution in [0, 0.1) is 0 Å². The van der Waals surface area contributed by atoms with Crippen LogP contribution in [0.1, 0.15) is 50.9 Å². The van der Waals surface area contributed by atoms with Crippen molar-refractivity contribution >= 4 is 33.5 Å². The van der Waals surface area contributed by atoms with Crippen LogP contribution in [0.5, 0.6) is 0 Å². The molecule has 0 aliphatic heterocycles. The van der Waals surface area contributed by atoms with Gasteiger partial charge in [0.15, 0.2) is 6.61 Å². The van der Waals surface area contributed by atoms with E-state index in [9.17, 15) is 18.0 Å². The summed E-state index contributed by atoms with van der Waals surface area (Å²) in [7, 11) is -2.32. The highest BCUT2D eigenvalue weighted by molar-refractivity contribution is 7.89. The Morgan fingerprint density at radius 3 is 2.44 bits per heavy atom. The molecule has 1 aromatic rings. The van der Waals surface area contributed by atoms with Gasteiger partial charge in [-0.3, -0.25) is 4.79 Å². The van der Waals surface area contributed by atoms with Crippen molar-refractivity contribution in [2.75, 3.05) is 13.7 Å². The van der Waals surface area contributed by atoms with Gasteiger partial charge in [0, 0.05) is 19.1 Å². The number of amides is 1. The average molecular weight is 419 g/mol. The van der Waals surface area contributed by atoms with Crippen LogP contribution in [0.4, 0.5) is 0 Å². The quantitative estimate of drug-likeness (QED) is 0.622. The molecule has 7 nitrogen and oxygen atoms in total. The third-order valence-electron chi connectivity index (χ3n) is 4.03. The zero-order chi connectivity index (χ0) is 20.8. The van der Waals surface area contributed by atoms with Crippen molar-refractivity contribution in [3.8, 4) is 0 Å². The Bertz CT molecular complexity index is 780. The van der Waals surface area contributed by atoms with Crippen LogP contribution in [0.2, 0.25) is 5.02 Å². The van der Waals surface area contributed by atoms with Crippen molar-refractivity contribution < 1.29 is 22.7 Å². The highest BCUT2D eigenvalue weighted by Crippen LogP contribution is 2.24. The third-order valence-corrected chi connectivity index (χ3v) is 6.38. The number of rotatable bonds is 9. The lowest BCUT2D eigenvalue weighted by Gasteiger charge is -2.21. The van der Waals surface area contributed by atoms with E-state index >= 15 is 0 Å². The van der Waals surface area contributed by atoms with Gasteiger partial charge in [0.25, 0.3) is 5.91 Å². The van der Waals surface area contributed by atoms with E-state index in [-0.39, 0.29) is 27.6 Å². The van der Waals surface area contributed by atoms with Crippen LogP contribution in [-0.4, -0.2) is 50.3 Å². The number of carbonyl (C=O) groups excluding carboxylic acids is 2. The molecule has 0 unspecified atom stereocenters. The first-order valence-corrected chi connectivity index (χ1v) is 10.6. The van der Waals surface area contributed by atoms with Crippen molar-refractivity contribution in [1.29, 1.82) is 0 Å². The first-order valence-electron chi connectivity index (χ1n) is 8.74. The summed E-state index contributed by atoms with van der Waals surface area (Å²) in [5.41, 5.74) is -0.107. The fraction of sp³-hybridized carbons (Fsp3) is 0.556. The molecule has 9 heteroatoms. The highest BCUT2D eigenvalue weighted by Gasteiger charge is 2.25. The molecule has 27 heavy (non-hydrogen) atoms. The molecule has 0 aliphatic carbocycles. The van der Waals surface area contributed by atoms with Gasteiger partial charge >= 0.3 is 5.97 Å². The number of nitrogens with zero attached hydrogens (tertiary/aromatic N) is 1. The fourth-order valence-electron chi connectivity index (χ4n) is 2.30. The molecule has 0 saturated carbocycles. The predicted octanol–water partition coefficient (Wildman–Crippen LogP) is 2.83. The predicted molar refractivity (Wildman–Crippen MR) is 104 cm³/mol. The maximum atomic E-state index is 12.6. The number of benzene rings is 1. The third kappa shape index (κ3) is 6.48. The summed E-state index contributed by atoms with van der Waals surface area (Å²) in [6.07, 6.45) is 1.73. The molecule has 1 atom stereocenters. The molecule has 1 rings (SSSR count). The summed E-state index contributed by atoms with van der Waals surface area (Å²) in [5, 5.41) is 2.76. The van der Waals surface area contributed by atoms with Crippen LogP contribution in [0.3, 0.4) is 0 Å². The van der Waals surface area contributed by atoms with Crippen LogP contribution < -0.4 is 5.32 Å². The molecule has 152 valence electrons. The van der Waals surface area contributed by atoms with Crippen LogP contribution in [-0.2, 0) is 19.6 Å². The van der Waals surface area contributed by atoms with E-state index in [1.165, 1.54) is 23.5 Å². The number of sulfonamides is 1. The molecule has 1 aromatic carbocycles. The number of hydrogen-bond donors (Lipinski definition) is 1. The zero-order valence-corrected chi connectivity index (χ0v) is 17.9. The van der Waals surface area contributed by atoms with Gasteiger partial charge in [0.05, 0.1) is 15.5 Å². The summed E-state index contributed by atoms with van der Waals surface area (Å²) >= 11 is 6.01. The maximum Gasteiger partial charge on any atom is 0.340 e. The number of ether oxygens (including phenoxy) is 1. The molecular weight excluding hydrogens is 392 g/mol. The number of esters is 1. The lowest BCUT2D eigenvalue weighted by molar-refractivity contribution is -0.124. The molecule has 0 spiro atoms. The summed E-state index contributed by atoms with van der Waals surface area (Å²) in [6.45, 7) is 6.87. The number of hydrogen-bond acceptors (Lipinski definition) is 5. The first kappa shape index (κ1) is 23.4. The minimum Gasteiger partial charge on any atom is -0.452 e. The Morgan fingerprint density at radius 1 is 1.26 bits per heavy atom. The summed E-state index contributed by atoms with van der Waals surface area (Å²) < 4.78 is 31.3. The molecule has 0 radical (unpaired) electrons. The van der Waals surface area contributed by atoms with Crippen molar-refractivity contribution in [3.63, 3.8) is 0 Å². The maximum absolute atomic E-state index is 12.6. The van der Waals surface area contributed by atoms with Crippen molar-refractivity contribution in [2.45, 2.75) is 57.5 Å². The van der Waals surface area contributed by atoms with E-state index in [0.717, 1.165) is 18.9 Å². The molecule has 0 aliphatic rings. The van der Waals surface area contributed by atoms with Crippen molar-refractivity contribution in [2.24, 2.45) is 0 Å². The van der Waals surface area contributed by atoms with Gasteiger partial charge in [0.1, 0.15) is 0 Å². The van der Waals surface area contributed by atoms with Crippen LogP contribution in [0.25, 0.3) is 0 Å². The second-order valence-corrected chi connectivity index (χ2v) is 8.99. The lowest BCUT2D eigenvalue weighted by Crippen LogP contribution is -2.35. The Labute approximate surface area is 166 Å². The van der Waals surface area contributed by atoms with Crippen molar-refractivity contribution in [3.05, 3.63) is 28.8 Å². The van der Waals surface area contributed by atoms with Crippen LogP contribution in [0.15, 0.2) is 23.1 Å². The molecule has 1 amide bonds. The highest BCUT2D eigenvalue weighted by atomic mass is 35.5. The van der Waals surface area contributed by atoms with Crippen molar-refractivity contribution in [1.82, 2.24) is 9.62 Å². The molecule has 0 saturated heterocycles. The smallest absolute Gasteiger partial charge is 0.340 e. The largest absolute Gasteiger partial charge is 0.452 e. The normalized spacial score (nSPS) is 12.9. The lowest BCUT2D eigenvalue weighted by atomic mass is 10.2. The Hall–Kier alpha value is -1.64. The Balaban J connectivity index is 2.91. The molecule has 0 bridgehead atoms. The molecule has 0 aromatic heterocycles. The zero-order valence-electron chi connectivity index (χ0n) is 16.3. The van der Waals surface area contributed by atoms with Crippen LogP contribution >= 0.6 is 11.6 Å². The SMILES string of the molecule is CCC[C@@H](C)NC(=O)COC(=O)c1cc(S(=O)(=O)N(C)C(C)C)ccc1Cl. The van der Waals surface area contributed by atoms with E-state index in [0.29, 0.717) is 0 Å². The van der Waals surface area contributed by atoms with Gasteiger partial charge in [-0.1, -0.05) is 24.9 Å². The van der Waals surface area contributed by atoms with Gasteiger partial charge in [-0.05, 0) is 45.4 Å². The van der Waals surface area contributed by atoms with E-state index in [2.05, 4.69) is 5.32 Å². The topological polar surface area (TPSA) is 92.8 Å². The fourth-order valence-corrected chi connectivity index (χ4v) is 3.88. The van der Waals surface area contributed by atoms with Gasteiger partial charge in [0.2, 0.25) is 10.0 Å². The van der Waals surface area contributed by atoms with Gasteiger partial charge in [-0.15, -0.1) is 0 Å². The van der Waals surface area contributed by atoms with Gasteiger partial charge in [-0.25, -0.2) is 13.2 Å². The van der Waals surface area contributed by atoms with Gasteiger partial charge < -0.3 is 10.1 Å². The average Bonchev–Trinajstić information content (AvgIpc) is 2.59. The summed E-state index contributed by atoms with van der Waals surface area (Å²) in [5.74, 6) is -1.29. The number of nitrogens with one attached hydrogen (secondary N) is 1.